The molecule has 0 radical (unpaired) electrons. The Hall–Kier alpha value is -0.380. The fourth-order valence-electron chi connectivity index (χ4n) is 3.38. The Balaban J connectivity index is 0.00000261. The second kappa shape index (κ2) is 11.6. The van der Waals surface area contributed by atoms with Crippen LogP contribution >= 0.6 is 39.9 Å². The van der Waals surface area contributed by atoms with Gasteiger partial charge in [-0.3, -0.25) is 4.99 Å². The predicted octanol–water partition coefficient (Wildman–Crippen LogP) is 3.85. The summed E-state index contributed by atoms with van der Waals surface area (Å²) in [5, 5.41) is 6.87. The van der Waals surface area contributed by atoms with E-state index < -0.39 is 0 Å². The minimum atomic E-state index is 0. The molecule has 1 aromatic rings. The second-order valence-corrected chi connectivity index (χ2v) is 8.12. The quantitative estimate of drug-likeness (QED) is 0.212. The lowest BCUT2D eigenvalue weighted by Crippen LogP contribution is -2.41. The summed E-state index contributed by atoms with van der Waals surface area (Å²) in [6.45, 7) is 4.14. The molecular weight excluding hydrogens is 521 g/mol. The van der Waals surface area contributed by atoms with Gasteiger partial charge in [-0.1, -0.05) is 28.1 Å². The van der Waals surface area contributed by atoms with Crippen LogP contribution in [0.5, 0.6) is 0 Å². The van der Waals surface area contributed by atoms with Crippen LogP contribution in [0.2, 0.25) is 0 Å². The monoisotopic (exact) mass is 551 g/mol. The van der Waals surface area contributed by atoms with Gasteiger partial charge in [-0.2, -0.15) is 0 Å². The molecule has 1 saturated carbocycles. The normalized spacial score (nSPS) is 20.8. The van der Waals surface area contributed by atoms with Gasteiger partial charge in [0.2, 0.25) is 0 Å². The van der Waals surface area contributed by atoms with E-state index >= 15 is 0 Å². The van der Waals surface area contributed by atoms with Gasteiger partial charge in [0.15, 0.2) is 5.96 Å². The van der Waals surface area contributed by atoms with E-state index in [9.17, 15) is 0 Å². The van der Waals surface area contributed by atoms with E-state index in [2.05, 4.69) is 55.8 Å². The molecule has 0 spiro atoms. The third-order valence-corrected chi connectivity index (χ3v) is 5.69. The third kappa shape index (κ3) is 7.18. The van der Waals surface area contributed by atoms with E-state index in [1.54, 1.807) is 0 Å². The lowest BCUT2D eigenvalue weighted by atomic mass is 9.96. The highest BCUT2D eigenvalue weighted by atomic mass is 127. The first kappa shape index (κ1) is 22.9. The fourth-order valence-corrected chi connectivity index (χ4v) is 3.78. The number of hydrogen-bond acceptors (Lipinski definition) is 3. The zero-order chi connectivity index (χ0) is 18.2. The van der Waals surface area contributed by atoms with Crippen LogP contribution in [-0.2, 0) is 14.9 Å². The molecule has 2 N–H and O–H groups in total. The van der Waals surface area contributed by atoms with E-state index in [1.807, 2.05) is 7.05 Å². The van der Waals surface area contributed by atoms with Gasteiger partial charge in [-0.05, 0) is 49.8 Å². The molecule has 0 aromatic heterocycles. The van der Waals surface area contributed by atoms with E-state index in [4.69, 9.17) is 9.47 Å². The maximum absolute atomic E-state index is 5.70. The van der Waals surface area contributed by atoms with E-state index in [-0.39, 0.29) is 29.4 Å². The van der Waals surface area contributed by atoms with Crippen molar-refractivity contribution in [1.82, 2.24) is 10.6 Å². The van der Waals surface area contributed by atoms with Crippen LogP contribution in [0.1, 0.15) is 37.7 Å². The summed E-state index contributed by atoms with van der Waals surface area (Å²) in [6.07, 6.45) is 6.03. The highest BCUT2D eigenvalue weighted by Crippen LogP contribution is 2.48. The smallest absolute Gasteiger partial charge is 0.191 e. The number of hydrogen-bond donors (Lipinski definition) is 2. The molecule has 1 aromatic carbocycles. The number of halogens is 2. The molecule has 1 heterocycles. The Bertz CT molecular complexity index is 605. The molecular formula is C20H31BrIN3O2. The Morgan fingerprint density at radius 2 is 2.22 bits per heavy atom. The Morgan fingerprint density at radius 1 is 1.37 bits per heavy atom. The minimum absolute atomic E-state index is 0. The standard InChI is InChI=1S/C20H30BrN3O2.HI/c1-22-19(23-10-4-11-25-14-18-7-3-12-26-18)24-15-20(8-9-20)16-5-2-6-17(21)13-16;/h2,5-6,13,18H,3-4,7-12,14-15H2,1H3,(H2,22,23,24);1H. The van der Waals surface area contributed by atoms with Crippen molar-refractivity contribution in [3.8, 4) is 0 Å². The van der Waals surface area contributed by atoms with Crippen molar-refractivity contribution in [2.24, 2.45) is 4.99 Å². The third-order valence-electron chi connectivity index (χ3n) is 5.19. The maximum Gasteiger partial charge on any atom is 0.191 e. The molecule has 27 heavy (non-hydrogen) atoms. The van der Waals surface area contributed by atoms with Crippen LogP contribution in [0.25, 0.3) is 0 Å². The molecule has 3 rings (SSSR count). The first-order valence-corrected chi connectivity index (χ1v) is 10.4. The topological polar surface area (TPSA) is 54.9 Å². The number of aliphatic imine (C=N–C) groups is 1. The van der Waals surface area contributed by atoms with Gasteiger partial charge in [0.1, 0.15) is 0 Å². The highest BCUT2D eigenvalue weighted by molar-refractivity contribution is 14.0. The summed E-state index contributed by atoms with van der Waals surface area (Å²) >= 11 is 3.58. The summed E-state index contributed by atoms with van der Waals surface area (Å²) in [6, 6.07) is 8.65. The van der Waals surface area contributed by atoms with Gasteiger partial charge in [-0.15, -0.1) is 24.0 Å². The average molecular weight is 552 g/mol. The molecule has 1 saturated heterocycles. The minimum Gasteiger partial charge on any atom is -0.379 e. The van der Waals surface area contributed by atoms with Gasteiger partial charge in [0.25, 0.3) is 0 Å². The SMILES string of the molecule is CN=C(NCCCOCC1CCCO1)NCC1(c2cccc(Br)c2)CC1.I. The van der Waals surface area contributed by atoms with Crippen molar-refractivity contribution in [2.75, 3.05) is 40.0 Å². The molecule has 5 nitrogen and oxygen atoms in total. The lowest BCUT2D eigenvalue weighted by Gasteiger charge is -2.19. The molecule has 2 fully saturated rings. The number of guanidine groups is 1. The van der Waals surface area contributed by atoms with Gasteiger partial charge >= 0.3 is 0 Å². The number of nitrogens with zero attached hydrogens (tertiary/aromatic N) is 1. The Kier molecular flexibility index (Phi) is 9.82. The number of ether oxygens (including phenoxy) is 2. The van der Waals surface area contributed by atoms with Crippen LogP contribution in [-0.4, -0.2) is 52.0 Å². The van der Waals surface area contributed by atoms with Crippen molar-refractivity contribution >= 4 is 45.9 Å². The summed E-state index contributed by atoms with van der Waals surface area (Å²) < 4.78 is 12.4. The maximum atomic E-state index is 5.70. The lowest BCUT2D eigenvalue weighted by molar-refractivity contribution is 0.0168. The Labute approximate surface area is 188 Å². The molecule has 7 heteroatoms. The van der Waals surface area contributed by atoms with Crippen molar-refractivity contribution in [3.05, 3.63) is 34.3 Å². The Morgan fingerprint density at radius 3 is 2.89 bits per heavy atom. The molecule has 1 atom stereocenters. The number of nitrogens with one attached hydrogen (secondary N) is 2. The predicted molar refractivity (Wildman–Crippen MR) is 124 cm³/mol. The van der Waals surface area contributed by atoms with Crippen LogP contribution in [0.15, 0.2) is 33.7 Å². The molecule has 2 aliphatic rings. The molecule has 1 aliphatic heterocycles. The first-order chi connectivity index (χ1) is 12.7. The van der Waals surface area contributed by atoms with Crippen LogP contribution in [0, 0.1) is 0 Å². The van der Waals surface area contributed by atoms with Gasteiger partial charge in [0.05, 0.1) is 12.7 Å². The fraction of sp³-hybridized carbons (Fsp3) is 0.650. The van der Waals surface area contributed by atoms with Gasteiger partial charge in [-0.25, -0.2) is 0 Å². The summed E-state index contributed by atoms with van der Waals surface area (Å²) in [4.78, 5) is 4.34. The zero-order valence-corrected chi connectivity index (χ0v) is 19.9. The van der Waals surface area contributed by atoms with Crippen LogP contribution in [0.4, 0.5) is 0 Å². The average Bonchev–Trinajstić information content (AvgIpc) is 3.27. The molecule has 152 valence electrons. The number of rotatable bonds is 9. The van der Waals surface area contributed by atoms with Crippen molar-refractivity contribution in [3.63, 3.8) is 0 Å². The van der Waals surface area contributed by atoms with E-state index in [0.717, 1.165) is 56.2 Å². The van der Waals surface area contributed by atoms with E-state index in [0.29, 0.717) is 6.10 Å². The van der Waals surface area contributed by atoms with Gasteiger partial charge in [0, 0.05) is 43.2 Å². The van der Waals surface area contributed by atoms with Gasteiger partial charge < -0.3 is 20.1 Å². The summed E-state index contributed by atoms with van der Waals surface area (Å²) in [7, 11) is 1.82. The first-order valence-electron chi connectivity index (χ1n) is 9.62. The van der Waals surface area contributed by atoms with Crippen LogP contribution < -0.4 is 10.6 Å². The van der Waals surface area contributed by atoms with E-state index in [1.165, 1.54) is 24.8 Å². The molecule has 1 aliphatic carbocycles. The highest BCUT2D eigenvalue weighted by Gasteiger charge is 2.44. The largest absolute Gasteiger partial charge is 0.379 e. The summed E-state index contributed by atoms with van der Waals surface area (Å²) in [5.41, 5.74) is 1.66. The van der Waals surface area contributed by atoms with Crippen molar-refractivity contribution < 1.29 is 9.47 Å². The molecule has 0 amide bonds. The van der Waals surface area contributed by atoms with Crippen molar-refractivity contribution in [1.29, 1.82) is 0 Å². The van der Waals surface area contributed by atoms with Crippen LogP contribution in [0.3, 0.4) is 0 Å². The second-order valence-electron chi connectivity index (χ2n) is 7.21. The molecule has 1 unspecified atom stereocenters. The van der Waals surface area contributed by atoms with Crippen molar-refractivity contribution in [2.45, 2.75) is 43.6 Å². The summed E-state index contributed by atoms with van der Waals surface area (Å²) in [5.74, 6) is 0.866. The molecule has 0 bridgehead atoms. The zero-order valence-electron chi connectivity index (χ0n) is 16.0. The number of benzene rings is 1.